The van der Waals surface area contributed by atoms with Gasteiger partial charge in [-0.3, -0.25) is 14.5 Å². The maximum atomic E-state index is 11.3. The number of nitrogens with zero attached hydrogens (tertiary/aromatic N) is 1. The molecule has 0 saturated carbocycles. The summed E-state index contributed by atoms with van der Waals surface area (Å²) in [5.41, 5.74) is 0.587. The third kappa shape index (κ3) is 1.45. The number of methoxy groups -OCH3 is 1. The van der Waals surface area contributed by atoms with Crippen molar-refractivity contribution in [1.82, 2.24) is 0 Å². The topological polar surface area (TPSA) is 66.8 Å². The summed E-state index contributed by atoms with van der Waals surface area (Å²) >= 11 is 0. The third-order valence-corrected chi connectivity index (χ3v) is 2.57. The maximum absolute atomic E-state index is 11.3. The van der Waals surface area contributed by atoms with Crippen LogP contribution in [0, 0.1) is 0 Å². The van der Waals surface area contributed by atoms with Crippen LogP contribution in [0.4, 0.5) is 5.69 Å². The molecule has 1 amide bonds. The Bertz CT molecular complexity index is 426. The lowest BCUT2D eigenvalue weighted by atomic mass is 10.00. The Balaban J connectivity index is 2.24. The predicted molar refractivity (Wildman–Crippen MR) is 56.4 cm³/mol. The van der Waals surface area contributed by atoms with Crippen molar-refractivity contribution in [2.45, 2.75) is 6.04 Å². The van der Waals surface area contributed by atoms with Gasteiger partial charge in [0.1, 0.15) is 11.8 Å². The lowest BCUT2D eigenvalue weighted by molar-refractivity contribution is -0.144. The highest BCUT2D eigenvalue weighted by atomic mass is 16.5. The zero-order valence-electron chi connectivity index (χ0n) is 8.71. The molecule has 0 bridgehead atoms. The molecule has 0 spiro atoms. The van der Waals surface area contributed by atoms with E-state index in [1.54, 1.807) is 31.4 Å². The summed E-state index contributed by atoms with van der Waals surface area (Å²) in [6, 6.07) is 6.00. The second-order valence-corrected chi connectivity index (χ2v) is 3.44. The number of rotatable bonds is 3. The Morgan fingerprint density at radius 3 is 2.44 bits per heavy atom. The number of ether oxygens (including phenoxy) is 1. The average molecular weight is 221 g/mol. The highest BCUT2D eigenvalue weighted by Crippen LogP contribution is 2.26. The van der Waals surface area contributed by atoms with Crippen LogP contribution in [0.25, 0.3) is 0 Å². The minimum absolute atomic E-state index is 0.351. The molecular weight excluding hydrogens is 210 g/mol. The van der Waals surface area contributed by atoms with E-state index in [4.69, 9.17) is 9.84 Å². The van der Waals surface area contributed by atoms with E-state index in [-0.39, 0.29) is 6.61 Å². The van der Waals surface area contributed by atoms with Crippen molar-refractivity contribution in [1.29, 1.82) is 0 Å². The molecule has 1 heterocycles. The van der Waals surface area contributed by atoms with Crippen molar-refractivity contribution in [3.05, 3.63) is 24.3 Å². The molecule has 2 rings (SSSR count). The van der Waals surface area contributed by atoms with Gasteiger partial charge < -0.3 is 9.84 Å². The van der Waals surface area contributed by atoms with E-state index in [9.17, 15) is 9.59 Å². The number of hydrogen-bond donors (Lipinski definition) is 1. The number of anilines is 1. The first kappa shape index (κ1) is 10.6. The van der Waals surface area contributed by atoms with Crippen LogP contribution in [0.5, 0.6) is 5.75 Å². The van der Waals surface area contributed by atoms with Gasteiger partial charge >= 0.3 is 0 Å². The van der Waals surface area contributed by atoms with Crippen LogP contribution in [-0.2, 0) is 9.59 Å². The largest absolute Gasteiger partial charge is 0.497 e. The lowest BCUT2D eigenvalue weighted by Crippen LogP contribution is -2.63. The Morgan fingerprint density at radius 1 is 1.31 bits per heavy atom. The van der Waals surface area contributed by atoms with E-state index < -0.39 is 17.7 Å². The predicted octanol–water partition coefficient (Wildman–Crippen LogP) is -0.0282. The SMILES string of the molecule is COc1ccc(N2C(=O)C(=O)C2CO)cc1. The number of benzene rings is 1. The van der Waals surface area contributed by atoms with Gasteiger partial charge in [-0.2, -0.15) is 0 Å². The van der Waals surface area contributed by atoms with E-state index in [0.717, 1.165) is 0 Å². The zero-order chi connectivity index (χ0) is 11.7. The second-order valence-electron chi connectivity index (χ2n) is 3.44. The van der Waals surface area contributed by atoms with Crippen molar-refractivity contribution in [2.24, 2.45) is 0 Å². The van der Waals surface area contributed by atoms with Crippen LogP contribution < -0.4 is 9.64 Å². The highest BCUT2D eigenvalue weighted by molar-refractivity contribution is 6.51. The van der Waals surface area contributed by atoms with Gasteiger partial charge in [-0.15, -0.1) is 0 Å². The summed E-state index contributed by atoms with van der Waals surface area (Å²) in [7, 11) is 1.55. The van der Waals surface area contributed by atoms with Crippen molar-refractivity contribution in [3.63, 3.8) is 0 Å². The van der Waals surface area contributed by atoms with Crippen LogP contribution in [0.1, 0.15) is 0 Å². The minimum Gasteiger partial charge on any atom is -0.497 e. The normalized spacial score (nSPS) is 19.6. The molecule has 1 N–H and O–H groups in total. The van der Waals surface area contributed by atoms with Crippen molar-refractivity contribution in [3.8, 4) is 5.75 Å². The summed E-state index contributed by atoms with van der Waals surface area (Å²) in [5, 5.41) is 8.97. The van der Waals surface area contributed by atoms with E-state index in [1.807, 2.05) is 0 Å². The Morgan fingerprint density at radius 2 is 1.94 bits per heavy atom. The third-order valence-electron chi connectivity index (χ3n) is 2.57. The quantitative estimate of drug-likeness (QED) is 0.575. The smallest absolute Gasteiger partial charge is 0.297 e. The Labute approximate surface area is 92.2 Å². The van der Waals surface area contributed by atoms with Gasteiger partial charge in [0, 0.05) is 5.69 Å². The van der Waals surface area contributed by atoms with E-state index in [1.165, 1.54) is 4.90 Å². The average Bonchev–Trinajstić information content (AvgIpc) is 2.34. The molecule has 1 aromatic rings. The molecule has 84 valence electrons. The molecule has 16 heavy (non-hydrogen) atoms. The fraction of sp³-hybridized carbons (Fsp3) is 0.273. The standard InChI is InChI=1S/C11H11NO4/c1-16-8-4-2-7(3-5-8)12-9(6-13)10(14)11(12)15/h2-5,9,13H,6H2,1H3. The number of carbonyl (C=O) groups excluding carboxylic acids is 2. The monoisotopic (exact) mass is 221 g/mol. The van der Waals surface area contributed by atoms with Gasteiger partial charge in [0.05, 0.1) is 13.7 Å². The van der Waals surface area contributed by atoms with Crippen LogP contribution in [0.2, 0.25) is 0 Å². The van der Waals surface area contributed by atoms with E-state index in [2.05, 4.69) is 0 Å². The summed E-state index contributed by atoms with van der Waals surface area (Å²) < 4.78 is 4.98. The molecule has 5 heteroatoms. The van der Waals surface area contributed by atoms with E-state index >= 15 is 0 Å². The molecule has 1 unspecified atom stereocenters. The molecular formula is C11H11NO4. The first-order valence-electron chi connectivity index (χ1n) is 4.81. The van der Waals surface area contributed by atoms with Crippen molar-refractivity contribution in [2.75, 3.05) is 18.6 Å². The van der Waals surface area contributed by atoms with Gasteiger partial charge in [0.15, 0.2) is 0 Å². The molecule has 1 fully saturated rings. The lowest BCUT2D eigenvalue weighted by Gasteiger charge is -2.37. The molecule has 5 nitrogen and oxygen atoms in total. The molecule has 1 aliphatic heterocycles. The number of aliphatic hydroxyl groups is 1. The molecule has 0 aliphatic carbocycles. The number of hydrogen-bond acceptors (Lipinski definition) is 4. The van der Waals surface area contributed by atoms with Crippen molar-refractivity contribution >= 4 is 17.4 Å². The summed E-state index contributed by atoms with van der Waals surface area (Å²) in [6.45, 7) is -0.351. The fourth-order valence-electron chi connectivity index (χ4n) is 1.66. The number of Topliss-reactive ketones (excluding diaryl/α,β-unsaturated/α-hetero) is 1. The first-order valence-corrected chi connectivity index (χ1v) is 4.81. The Hall–Kier alpha value is -1.88. The number of ketones is 1. The fourth-order valence-corrected chi connectivity index (χ4v) is 1.66. The van der Waals surface area contributed by atoms with Crippen molar-refractivity contribution < 1.29 is 19.4 Å². The molecule has 1 saturated heterocycles. The molecule has 1 aromatic carbocycles. The second kappa shape index (κ2) is 3.94. The molecule has 1 atom stereocenters. The molecule has 1 aliphatic rings. The van der Waals surface area contributed by atoms with E-state index in [0.29, 0.717) is 11.4 Å². The molecule has 0 aromatic heterocycles. The number of aliphatic hydroxyl groups excluding tert-OH is 1. The molecule has 0 radical (unpaired) electrons. The maximum Gasteiger partial charge on any atom is 0.297 e. The van der Waals surface area contributed by atoms with Crippen LogP contribution in [0.15, 0.2) is 24.3 Å². The van der Waals surface area contributed by atoms with Gasteiger partial charge in [-0.05, 0) is 24.3 Å². The van der Waals surface area contributed by atoms with Crippen LogP contribution in [-0.4, -0.2) is 36.6 Å². The number of β-lactam (4-membered cyclic amide) rings is 1. The van der Waals surface area contributed by atoms with Gasteiger partial charge in [0.2, 0.25) is 5.78 Å². The summed E-state index contributed by atoms with van der Waals surface area (Å²) in [5.74, 6) is -0.453. The highest BCUT2D eigenvalue weighted by Gasteiger charge is 2.46. The number of carbonyl (C=O) groups is 2. The van der Waals surface area contributed by atoms with Gasteiger partial charge in [-0.1, -0.05) is 0 Å². The zero-order valence-corrected chi connectivity index (χ0v) is 8.71. The first-order chi connectivity index (χ1) is 7.69. The van der Waals surface area contributed by atoms with Crippen LogP contribution >= 0.6 is 0 Å². The minimum atomic E-state index is -0.735. The van der Waals surface area contributed by atoms with Gasteiger partial charge in [0.25, 0.3) is 5.91 Å². The summed E-state index contributed by atoms with van der Waals surface area (Å²) in [6.07, 6.45) is 0. The summed E-state index contributed by atoms with van der Waals surface area (Å²) in [4.78, 5) is 23.7. The van der Waals surface area contributed by atoms with Crippen LogP contribution in [0.3, 0.4) is 0 Å². The number of amides is 1. The van der Waals surface area contributed by atoms with Gasteiger partial charge in [-0.25, -0.2) is 0 Å². The Kier molecular flexibility index (Phi) is 2.62.